The van der Waals surface area contributed by atoms with Crippen molar-refractivity contribution in [3.63, 3.8) is 0 Å². The van der Waals surface area contributed by atoms with Crippen LogP contribution in [0.1, 0.15) is 20.3 Å². The van der Waals surface area contributed by atoms with Crippen LogP contribution in [-0.4, -0.2) is 37.9 Å². The highest BCUT2D eigenvalue weighted by molar-refractivity contribution is 7.79. The summed E-state index contributed by atoms with van der Waals surface area (Å²) in [7, 11) is 0. The average molecular weight is 207 g/mol. The van der Waals surface area contributed by atoms with Crippen molar-refractivity contribution >= 4 is 11.1 Å². The van der Waals surface area contributed by atoms with Gasteiger partial charge < -0.3 is 14.4 Å². The first-order valence-corrected chi connectivity index (χ1v) is 5.54. The van der Waals surface area contributed by atoms with Crippen LogP contribution in [0.2, 0.25) is 0 Å². The van der Waals surface area contributed by atoms with E-state index >= 15 is 0 Å². The zero-order valence-electron chi connectivity index (χ0n) is 7.80. The van der Waals surface area contributed by atoms with Gasteiger partial charge in [0.1, 0.15) is 0 Å². The Hall–Kier alpha value is 0.0300. The zero-order valence-corrected chi connectivity index (χ0v) is 8.62. The van der Waals surface area contributed by atoms with Crippen molar-refractivity contribution < 1.29 is 18.6 Å². The Labute approximate surface area is 80.6 Å². The minimum atomic E-state index is -2.14. The minimum absolute atomic E-state index is 0.0416. The van der Waals surface area contributed by atoms with Crippen molar-refractivity contribution in [3.05, 3.63) is 0 Å². The van der Waals surface area contributed by atoms with Gasteiger partial charge in [-0.15, -0.1) is 0 Å². The van der Waals surface area contributed by atoms with Crippen LogP contribution in [0.25, 0.3) is 0 Å². The van der Waals surface area contributed by atoms with Gasteiger partial charge in [-0.3, -0.25) is 4.21 Å². The normalized spacial score (nSPS) is 36.8. The summed E-state index contributed by atoms with van der Waals surface area (Å²) in [4.78, 5) is 0. The van der Waals surface area contributed by atoms with Crippen molar-refractivity contribution in [2.75, 3.05) is 6.61 Å². The lowest BCUT2D eigenvalue weighted by molar-refractivity contribution is -0.00685. The van der Waals surface area contributed by atoms with Gasteiger partial charge in [0.05, 0.1) is 24.1 Å². The minimum Gasteiger partial charge on any atom is -0.772 e. The molecule has 4 unspecified atom stereocenters. The van der Waals surface area contributed by atoms with Crippen molar-refractivity contribution in [3.8, 4) is 0 Å². The third-order valence-corrected chi connectivity index (χ3v) is 3.39. The molecule has 13 heavy (non-hydrogen) atoms. The number of hydrogen-bond acceptors (Lipinski definition) is 4. The molecule has 4 nitrogen and oxygen atoms in total. The summed E-state index contributed by atoms with van der Waals surface area (Å²) in [5, 5.41) is 8.34. The fraction of sp³-hybridized carbons (Fsp3) is 1.00. The standard InChI is InChI=1S/C8H16O4S/c1-5(2)6-3-8(13(10)11)7(4-9)12-6/h5-9H,3-4H2,1-2H3,(H,10,11)/p-1. The Morgan fingerprint density at radius 3 is 2.62 bits per heavy atom. The fourth-order valence-electron chi connectivity index (χ4n) is 1.54. The summed E-state index contributed by atoms with van der Waals surface area (Å²) in [6.07, 6.45) is -0.0790. The summed E-state index contributed by atoms with van der Waals surface area (Å²) in [6, 6.07) is 0. The molecule has 0 saturated carbocycles. The topological polar surface area (TPSA) is 69.6 Å². The second-order valence-corrected chi connectivity index (χ2v) is 4.80. The molecule has 0 spiro atoms. The maximum atomic E-state index is 10.7. The molecule has 1 aliphatic rings. The lowest BCUT2D eigenvalue weighted by atomic mass is 10.0. The largest absolute Gasteiger partial charge is 0.772 e. The number of hydrogen-bond donors (Lipinski definition) is 1. The summed E-state index contributed by atoms with van der Waals surface area (Å²) in [5.74, 6) is 0.294. The summed E-state index contributed by atoms with van der Waals surface area (Å²) < 4.78 is 26.9. The van der Waals surface area contributed by atoms with E-state index in [4.69, 9.17) is 9.84 Å². The molecule has 1 N–H and O–H groups in total. The molecule has 0 amide bonds. The summed E-state index contributed by atoms with van der Waals surface area (Å²) in [5.41, 5.74) is 0. The van der Waals surface area contributed by atoms with Gasteiger partial charge in [-0.1, -0.05) is 13.8 Å². The molecule has 0 bridgehead atoms. The molecule has 0 aliphatic carbocycles. The maximum Gasteiger partial charge on any atom is 0.0942 e. The van der Waals surface area contributed by atoms with E-state index in [1.54, 1.807) is 0 Å². The van der Waals surface area contributed by atoms with E-state index < -0.39 is 22.4 Å². The highest BCUT2D eigenvalue weighted by Gasteiger charge is 2.36. The quantitative estimate of drug-likeness (QED) is 0.663. The van der Waals surface area contributed by atoms with Crippen LogP contribution in [0, 0.1) is 5.92 Å². The second kappa shape index (κ2) is 4.50. The first-order valence-electron chi connectivity index (χ1n) is 4.40. The van der Waals surface area contributed by atoms with Crippen molar-refractivity contribution in [1.82, 2.24) is 0 Å². The van der Waals surface area contributed by atoms with Gasteiger partial charge in [0.15, 0.2) is 0 Å². The van der Waals surface area contributed by atoms with E-state index in [-0.39, 0.29) is 12.7 Å². The molecule has 1 aliphatic heterocycles. The van der Waals surface area contributed by atoms with Gasteiger partial charge in [-0.2, -0.15) is 0 Å². The summed E-state index contributed by atoms with van der Waals surface area (Å²) >= 11 is -2.14. The van der Waals surface area contributed by atoms with Crippen LogP contribution in [-0.2, 0) is 15.8 Å². The highest BCUT2D eigenvalue weighted by Crippen LogP contribution is 2.28. The predicted octanol–water partition coefficient (Wildman–Crippen LogP) is 0.0399. The third-order valence-electron chi connectivity index (χ3n) is 2.40. The second-order valence-electron chi connectivity index (χ2n) is 3.67. The molecule has 4 atom stereocenters. The number of rotatable bonds is 3. The Bertz CT molecular complexity index is 195. The number of ether oxygens (including phenoxy) is 1. The first-order chi connectivity index (χ1) is 6.06. The molecule has 0 aromatic heterocycles. The highest BCUT2D eigenvalue weighted by atomic mass is 32.2. The van der Waals surface area contributed by atoms with Crippen molar-refractivity contribution in [2.45, 2.75) is 37.7 Å². The van der Waals surface area contributed by atoms with E-state index in [2.05, 4.69) is 0 Å². The molecular formula is C8H15O4S-. The lowest BCUT2D eigenvalue weighted by Crippen LogP contribution is -2.28. The average Bonchev–Trinajstić information content (AvgIpc) is 2.47. The molecule has 78 valence electrons. The Morgan fingerprint density at radius 2 is 2.31 bits per heavy atom. The van der Waals surface area contributed by atoms with Crippen LogP contribution in [0.15, 0.2) is 0 Å². The molecule has 0 radical (unpaired) electrons. The van der Waals surface area contributed by atoms with Gasteiger partial charge in [-0.05, 0) is 23.4 Å². The van der Waals surface area contributed by atoms with Gasteiger partial charge >= 0.3 is 0 Å². The first kappa shape index (κ1) is 11.1. The van der Waals surface area contributed by atoms with Gasteiger partial charge in [0.25, 0.3) is 0 Å². The zero-order chi connectivity index (χ0) is 10.0. The van der Waals surface area contributed by atoms with E-state index in [9.17, 15) is 8.76 Å². The Kier molecular flexibility index (Phi) is 3.85. The number of aliphatic hydroxyl groups is 1. The van der Waals surface area contributed by atoms with Gasteiger partial charge in [0, 0.05) is 0 Å². The van der Waals surface area contributed by atoms with E-state index in [0.717, 1.165) is 0 Å². The van der Waals surface area contributed by atoms with Crippen molar-refractivity contribution in [1.29, 1.82) is 0 Å². The molecule has 1 saturated heterocycles. The van der Waals surface area contributed by atoms with Gasteiger partial charge in [-0.25, -0.2) is 0 Å². The van der Waals surface area contributed by atoms with E-state index in [1.807, 2.05) is 13.8 Å². The lowest BCUT2D eigenvalue weighted by Gasteiger charge is -2.17. The molecule has 1 heterocycles. The SMILES string of the molecule is CC(C)C1CC(S(=O)[O-])C(CO)O1. The molecule has 0 aromatic rings. The predicted molar refractivity (Wildman–Crippen MR) is 47.9 cm³/mol. The van der Waals surface area contributed by atoms with Crippen LogP contribution >= 0.6 is 0 Å². The molecule has 1 fully saturated rings. The smallest absolute Gasteiger partial charge is 0.0942 e. The molecule has 1 rings (SSSR count). The van der Waals surface area contributed by atoms with E-state index in [1.165, 1.54) is 0 Å². The van der Waals surface area contributed by atoms with Crippen LogP contribution < -0.4 is 0 Å². The summed E-state index contributed by atoms with van der Waals surface area (Å²) in [6.45, 7) is 3.74. The van der Waals surface area contributed by atoms with Gasteiger partial charge in [0.2, 0.25) is 0 Å². The van der Waals surface area contributed by atoms with Crippen LogP contribution in [0.3, 0.4) is 0 Å². The van der Waals surface area contributed by atoms with E-state index in [0.29, 0.717) is 12.3 Å². The van der Waals surface area contributed by atoms with Crippen LogP contribution in [0.4, 0.5) is 0 Å². The maximum absolute atomic E-state index is 10.7. The fourth-order valence-corrected chi connectivity index (χ4v) is 2.29. The Morgan fingerprint density at radius 1 is 1.69 bits per heavy atom. The van der Waals surface area contributed by atoms with Crippen LogP contribution in [0.5, 0.6) is 0 Å². The molecular weight excluding hydrogens is 192 g/mol. The monoisotopic (exact) mass is 207 g/mol. The molecule has 5 heteroatoms. The van der Waals surface area contributed by atoms with Crippen molar-refractivity contribution in [2.24, 2.45) is 5.92 Å². The molecule has 0 aromatic carbocycles. The number of aliphatic hydroxyl groups excluding tert-OH is 1. The third kappa shape index (κ3) is 2.49. The Balaban J connectivity index is 2.61.